The lowest BCUT2D eigenvalue weighted by Gasteiger charge is -2.36. The van der Waals surface area contributed by atoms with Gasteiger partial charge in [0.15, 0.2) is 5.69 Å². The maximum absolute atomic E-state index is 14.2. The molecular formula is C26H23FN4O2. The number of aromatic nitrogens is 2. The van der Waals surface area contributed by atoms with E-state index >= 15 is 0 Å². The van der Waals surface area contributed by atoms with Crippen LogP contribution >= 0.6 is 0 Å². The Bertz CT molecular complexity index is 1360. The minimum absolute atomic E-state index is 0.221. The normalized spacial score (nSPS) is 14.0. The standard InChI is InChI=1S/C26H23FN4O2/c27-22-12-6-7-13-23(22)29-14-16-30(17-15-29)26(33)24-20-10-4-5-11-21(20)25(32)31(28-24)18-19-8-2-1-3-9-19/h1-13H,14-18H2. The smallest absolute Gasteiger partial charge is 0.275 e. The van der Waals surface area contributed by atoms with E-state index in [-0.39, 0.29) is 29.5 Å². The molecule has 1 saturated heterocycles. The molecule has 2 heterocycles. The second-order valence-electron chi connectivity index (χ2n) is 8.07. The number of amides is 1. The molecule has 7 heteroatoms. The van der Waals surface area contributed by atoms with Crippen LogP contribution < -0.4 is 10.5 Å². The van der Waals surface area contributed by atoms with Crippen molar-refractivity contribution in [3.8, 4) is 0 Å². The van der Waals surface area contributed by atoms with E-state index in [0.29, 0.717) is 42.6 Å². The van der Waals surface area contributed by atoms with E-state index in [4.69, 9.17) is 0 Å². The Morgan fingerprint density at radius 2 is 1.45 bits per heavy atom. The number of carbonyl (C=O) groups is 1. The van der Waals surface area contributed by atoms with E-state index in [1.807, 2.05) is 41.3 Å². The van der Waals surface area contributed by atoms with Gasteiger partial charge in [0, 0.05) is 31.6 Å². The number of piperazine rings is 1. The summed E-state index contributed by atoms with van der Waals surface area (Å²) in [6.07, 6.45) is 0. The summed E-state index contributed by atoms with van der Waals surface area (Å²) in [5.41, 5.74) is 1.51. The number of hydrogen-bond acceptors (Lipinski definition) is 4. The molecule has 0 saturated carbocycles. The van der Waals surface area contributed by atoms with Crippen LogP contribution in [-0.2, 0) is 6.54 Å². The van der Waals surface area contributed by atoms with Gasteiger partial charge in [-0.3, -0.25) is 9.59 Å². The Hall–Kier alpha value is -4.00. The highest BCUT2D eigenvalue weighted by atomic mass is 19.1. The lowest BCUT2D eigenvalue weighted by atomic mass is 10.1. The van der Waals surface area contributed by atoms with E-state index in [0.717, 1.165) is 5.56 Å². The summed E-state index contributed by atoms with van der Waals surface area (Å²) in [6, 6.07) is 23.3. The monoisotopic (exact) mass is 442 g/mol. The fourth-order valence-electron chi connectivity index (χ4n) is 4.27. The van der Waals surface area contributed by atoms with Crippen LogP contribution in [0.25, 0.3) is 10.8 Å². The minimum atomic E-state index is -0.266. The zero-order valence-electron chi connectivity index (χ0n) is 18.0. The number of benzene rings is 3. The summed E-state index contributed by atoms with van der Waals surface area (Å²) >= 11 is 0. The molecule has 0 bridgehead atoms. The maximum atomic E-state index is 14.2. The van der Waals surface area contributed by atoms with Crippen molar-refractivity contribution in [1.29, 1.82) is 0 Å². The summed E-state index contributed by atoms with van der Waals surface area (Å²) < 4.78 is 15.5. The average Bonchev–Trinajstić information content (AvgIpc) is 2.86. The molecule has 0 spiro atoms. The van der Waals surface area contributed by atoms with Gasteiger partial charge in [0.25, 0.3) is 11.5 Å². The molecule has 4 aromatic rings. The molecule has 1 amide bonds. The van der Waals surface area contributed by atoms with E-state index in [1.54, 1.807) is 41.3 Å². The van der Waals surface area contributed by atoms with Crippen LogP contribution in [0.3, 0.4) is 0 Å². The summed E-state index contributed by atoms with van der Waals surface area (Å²) in [6.45, 7) is 2.22. The number of nitrogens with zero attached hydrogens (tertiary/aromatic N) is 4. The third-order valence-corrected chi connectivity index (χ3v) is 6.01. The van der Waals surface area contributed by atoms with Gasteiger partial charge < -0.3 is 9.80 Å². The average molecular weight is 442 g/mol. The molecule has 5 rings (SSSR count). The summed E-state index contributed by atoms with van der Waals surface area (Å²) in [5.74, 6) is -0.487. The SMILES string of the molecule is O=C(c1nn(Cc2ccccc2)c(=O)c2ccccc12)N1CCN(c2ccccc2F)CC1. The van der Waals surface area contributed by atoms with Crippen molar-refractivity contribution in [2.75, 3.05) is 31.1 Å². The van der Waals surface area contributed by atoms with E-state index < -0.39 is 0 Å². The van der Waals surface area contributed by atoms with Crippen LogP contribution in [0.2, 0.25) is 0 Å². The predicted molar refractivity (Wildman–Crippen MR) is 126 cm³/mol. The molecule has 1 fully saturated rings. The Labute approximate surface area is 190 Å². The fraction of sp³-hybridized carbons (Fsp3) is 0.192. The molecule has 0 aliphatic carbocycles. The van der Waals surface area contributed by atoms with Crippen LogP contribution in [0.15, 0.2) is 83.7 Å². The van der Waals surface area contributed by atoms with Crippen LogP contribution in [-0.4, -0.2) is 46.8 Å². The first-order chi connectivity index (χ1) is 16.1. The summed E-state index contributed by atoms with van der Waals surface area (Å²) in [4.78, 5) is 30.2. The van der Waals surface area contributed by atoms with Gasteiger partial charge in [0.05, 0.1) is 17.6 Å². The van der Waals surface area contributed by atoms with Crippen LogP contribution in [0.4, 0.5) is 10.1 Å². The van der Waals surface area contributed by atoms with Crippen molar-refractivity contribution in [3.05, 3.63) is 106 Å². The van der Waals surface area contributed by atoms with E-state index in [9.17, 15) is 14.0 Å². The Morgan fingerprint density at radius 1 is 0.818 bits per heavy atom. The Morgan fingerprint density at radius 3 is 2.18 bits per heavy atom. The van der Waals surface area contributed by atoms with Gasteiger partial charge in [-0.05, 0) is 23.8 Å². The number of hydrogen-bond donors (Lipinski definition) is 0. The van der Waals surface area contributed by atoms with Crippen molar-refractivity contribution < 1.29 is 9.18 Å². The first-order valence-electron chi connectivity index (χ1n) is 10.9. The van der Waals surface area contributed by atoms with Crippen LogP contribution in [0.5, 0.6) is 0 Å². The van der Waals surface area contributed by atoms with Crippen molar-refractivity contribution in [2.24, 2.45) is 0 Å². The quantitative estimate of drug-likeness (QED) is 0.485. The molecule has 0 unspecified atom stereocenters. The highest BCUT2D eigenvalue weighted by molar-refractivity contribution is 6.04. The molecular weight excluding hydrogens is 419 g/mol. The van der Waals surface area contributed by atoms with Gasteiger partial charge in [0.1, 0.15) is 5.82 Å². The van der Waals surface area contributed by atoms with Crippen molar-refractivity contribution >= 4 is 22.4 Å². The molecule has 166 valence electrons. The fourth-order valence-corrected chi connectivity index (χ4v) is 4.27. The number of fused-ring (bicyclic) bond motifs is 1. The van der Waals surface area contributed by atoms with Gasteiger partial charge in [-0.25, -0.2) is 9.07 Å². The summed E-state index contributed by atoms with van der Waals surface area (Å²) in [5, 5.41) is 5.52. The molecule has 3 aromatic carbocycles. The number of anilines is 1. The number of rotatable bonds is 4. The third kappa shape index (κ3) is 4.09. The molecule has 33 heavy (non-hydrogen) atoms. The van der Waals surface area contributed by atoms with Gasteiger partial charge >= 0.3 is 0 Å². The van der Waals surface area contributed by atoms with Gasteiger partial charge in [0.2, 0.25) is 0 Å². The third-order valence-electron chi connectivity index (χ3n) is 6.01. The van der Waals surface area contributed by atoms with Crippen molar-refractivity contribution in [2.45, 2.75) is 6.54 Å². The minimum Gasteiger partial charge on any atom is -0.366 e. The molecule has 0 radical (unpaired) electrons. The summed E-state index contributed by atoms with van der Waals surface area (Å²) in [7, 11) is 0. The van der Waals surface area contributed by atoms with Gasteiger partial charge in [-0.15, -0.1) is 0 Å². The van der Waals surface area contributed by atoms with E-state index in [2.05, 4.69) is 5.10 Å². The molecule has 1 aliphatic heterocycles. The highest BCUT2D eigenvalue weighted by Crippen LogP contribution is 2.22. The molecule has 0 atom stereocenters. The van der Waals surface area contributed by atoms with Crippen LogP contribution in [0.1, 0.15) is 16.1 Å². The largest absolute Gasteiger partial charge is 0.366 e. The predicted octanol–water partition coefficient (Wildman–Crippen LogP) is 3.55. The first kappa shape index (κ1) is 20.9. The Balaban J connectivity index is 1.44. The second kappa shape index (κ2) is 8.86. The van der Waals surface area contributed by atoms with Crippen molar-refractivity contribution in [1.82, 2.24) is 14.7 Å². The maximum Gasteiger partial charge on any atom is 0.275 e. The number of halogens is 1. The topological polar surface area (TPSA) is 58.4 Å². The number of carbonyl (C=O) groups excluding carboxylic acids is 1. The lowest BCUT2D eigenvalue weighted by Crippen LogP contribution is -2.49. The highest BCUT2D eigenvalue weighted by Gasteiger charge is 2.26. The molecule has 0 N–H and O–H groups in total. The zero-order chi connectivity index (χ0) is 22.8. The Kier molecular flexibility index (Phi) is 5.60. The van der Waals surface area contributed by atoms with Gasteiger partial charge in [-0.2, -0.15) is 5.10 Å². The zero-order valence-corrected chi connectivity index (χ0v) is 18.0. The van der Waals surface area contributed by atoms with Gasteiger partial charge in [-0.1, -0.05) is 60.7 Å². The van der Waals surface area contributed by atoms with E-state index in [1.165, 1.54) is 10.7 Å². The van der Waals surface area contributed by atoms with Crippen LogP contribution in [0, 0.1) is 5.82 Å². The first-order valence-corrected chi connectivity index (χ1v) is 10.9. The molecule has 1 aromatic heterocycles. The van der Waals surface area contributed by atoms with Crippen molar-refractivity contribution in [3.63, 3.8) is 0 Å². The molecule has 1 aliphatic rings. The number of para-hydroxylation sites is 1. The second-order valence-corrected chi connectivity index (χ2v) is 8.07. The molecule has 6 nitrogen and oxygen atoms in total. The lowest BCUT2D eigenvalue weighted by molar-refractivity contribution is 0.0740.